The molecule has 0 bridgehead atoms. The first-order valence-electron chi connectivity index (χ1n) is 7.91. The van der Waals surface area contributed by atoms with Crippen molar-refractivity contribution < 1.29 is 10.2 Å². The topological polar surface area (TPSA) is 40.5 Å². The van der Waals surface area contributed by atoms with Crippen LogP contribution < -0.4 is 0 Å². The Kier molecular flexibility index (Phi) is 2.54. The lowest BCUT2D eigenvalue weighted by Gasteiger charge is -2.11. The molecule has 0 saturated heterocycles. The summed E-state index contributed by atoms with van der Waals surface area (Å²) in [5.74, 6) is 0.572. The molecule has 24 heavy (non-hydrogen) atoms. The third-order valence-electron chi connectivity index (χ3n) is 4.82. The Hall–Kier alpha value is -3.26. The maximum atomic E-state index is 10.4. The van der Waals surface area contributed by atoms with Gasteiger partial charge in [-0.1, -0.05) is 54.6 Å². The van der Waals surface area contributed by atoms with Crippen LogP contribution in [-0.2, 0) is 0 Å². The van der Waals surface area contributed by atoms with E-state index in [1.807, 2.05) is 42.5 Å². The zero-order chi connectivity index (χ0) is 16.3. The molecule has 0 aliphatic heterocycles. The van der Waals surface area contributed by atoms with E-state index in [-0.39, 0.29) is 5.75 Å². The molecule has 0 aliphatic carbocycles. The van der Waals surface area contributed by atoms with Crippen molar-refractivity contribution in [1.82, 2.24) is 0 Å². The summed E-state index contributed by atoms with van der Waals surface area (Å²) in [6.45, 7) is 0. The van der Waals surface area contributed by atoms with E-state index >= 15 is 0 Å². The summed E-state index contributed by atoms with van der Waals surface area (Å²) < 4.78 is 0. The lowest BCUT2D eigenvalue weighted by Crippen LogP contribution is -1.83. The van der Waals surface area contributed by atoms with E-state index in [0.29, 0.717) is 5.75 Å². The fourth-order valence-corrected chi connectivity index (χ4v) is 3.70. The van der Waals surface area contributed by atoms with Crippen molar-refractivity contribution in [2.24, 2.45) is 0 Å². The van der Waals surface area contributed by atoms with Gasteiger partial charge >= 0.3 is 0 Å². The quantitative estimate of drug-likeness (QED) is 0.360. The van der Waals surface area contributed by atoms with Crippen LogP contribution in [-0.4, -0.2) is 10.2 Å². The Bertz CT molecular complexity index is 1270. The number of aromatic hydroxyl groups is 2. The minimum absolute atomic E-state index is 0.270. The van der Waals surface area contributed by atoms with Crippen molar-refractivity contribution in [3.8, 4) is 11.5 Å². The van der Waals surface area contributed by atoms with E-state index in [1.165, 1.54) is 0 Å². The molecular weight excluding hydrogens is 296 g/mol. The van der Waals surface area contributed by atoms with Crippen molar-refractivity contribution in [2.75, 3.05) is 0 Å². The summed E-state index contributed by atoms with van der Waals surface area (Å²) >= 11 is 0. The highest BCUT2D eigenvalue weighted by molar-refractivity contribution is 6.23. The fourth-order valence-electron chi connectivity index (χ4n) is 3.70. The Labute approximate surface area is 138 Å². The minimum Gasteiger partial charge on any atom is -0.508 e. The first-order valence-corrected chi connectivity index (χ1v) is 7.91. The van der Waals surface area contributed by atoms with E-state index in [1.54, 1.807) is 12.1 Å². The maximum Gasteiger partial charge on any atom is 0.124 e. The molecule has 5 rings (SSSR count). The van der Waals surface area contributed by atoms with Crippen LogP contribution in [0, 0.1) is 0 Å². The number of phenolic OH excluding ortho intramolecular Hbond substituents is 2. The van der Waals surface area contributed by atoms with Gasteiger partial charge in [0.15, 0.2) is 0 Å². The molecule has 114 valence electrons. The molecule has 0 radical (unpaired) electrons. The summed E-state index contributed by atoms with van der Waals surface area (Å²) in [6, 6.07) is 23.5. The molecule has 0 aromatic heterocycles. The number of hydrogen-bond donors (Lipinski definition) is 2. The summed E-state index contributed by atoms with van der Waals surface area (Å²) in [5, 5.41) is 28.6. The van der Waals surface area contributed by atoms with E-state index in [2.05, 4.69) is 18.2 Å². The second-order valence-corrected chi connectivity index (χ2v) is 6.17. The molecule has 0 fully saturated rings. The minimum atomic E-state index is 0.270. The standard InChI is InChI=1S/C22H14O2/c23-14-6-8-15-13(11-14)5-7-18-17(15)9-10-19-16-3-1-2-4-20(16)22(24)12-21(18)19/h1-12,23-24H. The van der Waals surface area contributed by atoms with Gasteiger partial charge in [0, 0.05) is 5.39 Å². The summed E-state index contributed by atoms with van der Waals surface area (Å²) in [7, 11) is 0. The van der Waals surface area contributed by atoms with Gasteiger partial charge in [-0.3, -0.25) is 0 Å². The lowest BCUT2D eigenvalue weighted by molar-refractivity contribution is 0.476. The molecule has 5 aromatic rings. The van der Waals surface area contributed by atoms with Gasteiger partial charge in [0.25, 0.3) is 0 Å². The van der Waals surface area contributed by atoms with Crippen LogP contribution in [0.5, 0.6) is 11.5 Å². The van der Waals surface area contributed by atoms with Gasteiger partial charge in [-0.15, -0.1) is 0 Å². The zero-order valence-electron chi connectivity index (χ0n) is 12.8. The highest BCUT2D eigenvalue weighted by Crippen LogP contribution is 2.38. The van der Waals surface area contributed by atoms with Crippen LogP contribution in [0.3, 0.4) is 0 Å². The van der Waals surface area contributed by atoms with Gasteiger partial charge in [0.05, 0.1) is 0 Å². The molecule has 0 amide bonds. The SMILES string of the molecule is Oc1ccc2c(ccc3c2ccc2c4ccccc4c(O)cc23)c1. The number of benzene rings is 5. The largest absolute Gasteiger partial charge is 0.508 e. The monoisotopic (exact) mass is 310 g/mol. The van der Waals surface area contributed by atoms with Gasteiger partial charge in [0.1, 0.15) is 11.5 Å². The molecule has 2 nitrogen and oxygen atoms in total. The fraction of sp³-hybridized carbons (Fsp3) is 0. The van der Waals surface area contributed by atoms with Crippen LogP contribution in [0.1, 0.15) is 0 Å². The third kappa shape index (κ3) is 1.71. The Morgan fingerprint density at radius 1 is 0.458 bits per heavy atom. The van der Waals surface area contributed by atoms with Crippen molar-refractivity contribution in [3.63, 3.8) is 0 Å². The van der Waals surface area contributed by atoms with Crippen LogP contribution in [0.2, 0.25) is 0 Å². The number of phenols is 2. The molecule has 0 spiro atoms. The van der Waals surface area contributed by atoms with Gasteiger partial charge < -0.3 is 10.2 Å². The molecule has 5 aromatic carbocycles. The summed E-state index contributed by atoms with van der Waals surface area (Å²) in [4.78, 5) is 0. The average Bonchev–Trinajstić information content (AvgIpc) is 2.61. The molecular formula is C22H14O2. The Morgan fingerprint density at radius 2 is 1.04 bits per heavy atom. The average molecular weight is 310 g/mol. The molecule has 2 heteroatoms. The van der Waals surface area contributed by atoms with E-state index < -0.39 is 0 Å². The Morgan fingerprint density at radius 3 is 1.83 bits per heavy atom. The van der Waals surface area contributed by atoms with Crippen LogP contribution in [0.4, 0.5) is 0 Å². The van der Waals surface area contributed by atoms with Gasteiger partial charge in [-0.05, 0) is 55.9 Å². The van der Waals surface area contributed by atoms with E-state index in [0.717, 1.165) is 43.1 Å². The van der Waals surface area contributed by atoms with Crippen LogP contribution in [0.25, 0.3) is 43.1 Å². The van der Waals surface area contributed by atoms with Crippen molar-refractivity contribution in [2.45, 2.75) is 0 Å². The second kappa shape index (κ2) is 4.62. The van der Waals surface area contributed by atoms with Crippen molar-refractivity contribution in [3.05, 3.63) is 72.8 Å². The first-order chi connectivity index (χ1) is 11.7. The summed E-state index contributed by atoms with van der Waals surface area (Å²) in [6.07, 6.45) is 0. The normalized spacial score (nSPS) is 11.7. The zero-order valence-corrected chi connectivity index (χ0v) is 12.8. The van der Waals surface area contributed by atoms with Gasteiger partial charge in [-0.25, -0.2) is 0 Å². The molecule has 0 heterocycles. The van der Waals surface area contributed by atoms with Gasteiger partial charge in [-0.2, -0.15) is 0 Å². The van der Waals surface area contributed by atoms with E-state index in [4.69, 9.17) is 0 Å². The Balaban J connectivity index is 2.02. The highest BCUT2D eigenvalue weighted by Gasteiger charge is 2.10. The first kappa shape index (κ1) is 13.2. The molecule has 0 aliphatic rings. The summed E-state index contributed by atoms with van der Waals surface area (Å²) in [5.41, 5.74) is 0. The molecule has 0 saturated carbocycles. The molecule has 0 unspecified atom stereocenters. The molecule has 0 atom stereocenters. The highest BCUT2D eigenvalue weighted by atomic mass is 16.3. The predicted octanol–water partition coefficient (Wildman–Crippen LogP) is 5.71. The van der Waals surface area contributed by atoms with Crippen molar-refractivity contribution in [1.29, 1.82) is 0 Å². The van der Waals surface area contributed by atoms with Crippen LogP contribution >= 0.6 is 0 Å². The second-order valence-electron chi connectivity index (χ2n) is 6.17. The maximum absolute atomic E-state index is 10.4. The van der Waals surface area contributed by atoms with Crippen LogP contribution in [0.15, 0.2) is 72.8 Å². The molecule has 2 N–H and O–H groups in total. The smallest absolute Gasteiger partial charge is 0.124 e. The number of rotatable bonds is 0. The predicted molar refractivity (Wildman–Crippen MR) is 99.8 cm³/mol. The lowest BCUT2D eigenvalue weighted by atomic mass is 9.94. The van der Waals surface area contributed by atoms with Gasteiger partial charge in [0.2, 0.25) is 0 Å². The number of fused-ring (bicyclic) bond motifs is 7. The van der Waals surface area contributed by atoms with E-state index in [9.17, 15) is 10.2 Å². The number of hydrogen-bond acceptors (Lipinski definition) is 2. The third-order valence-corrected chi connectivity index (χ3v) is 4.82. The van der Waals surface area contributed by atoms with Crippen molar-refractivity contribution >= 4 is 43.1 Å².